The van der Waals surface area contributed by atoms with E-state index in [9.17, 15) is 0 Å². The molecule has 0 radical (unpaired) electrons. The van der Waals surface area contributed by atoms with E-state index in [4.69, 9.17) is 4.74 Å². The molecule has 1 aliphatic carbocycles. The first-order valence-corrected chi connectivity index (χ1v) is 7.72. The van der Waals surface area contributed by atoms with E-state index >= 15 is 0 Å². The quantitative estimate of drug-likeness (QED) is 0.869. The van der Waals surface area contributed by atoms with Gasteiger partial charge in [0.15, 0.2) is 0 Å². The fraction of sp³-hybridized carbons (Fsp3) is 0.812. The molecule has 0 aromatic carbocycles. The summed E-state index contributed by atoms with van der Waals surface area (Å²) >= 11 is 0. The number of rotatable bonds is 6. The highest BCUT2D eigenvalue weighted by atomic mass is 16.5. The SMILES string of the molecule is CCO[C@H]1C[C@@H](NCCc2c(C)nn(C)c2C)C1(C)C. The molecule has 1 N–H and O–H groups in total. The highest BCUT2D eigenvalue weighted by Crippen LogP contribution is 2.42. The van der Waals surface area contributed by atoms with E-state index in [1.54, 1.807) is 0 Å². The third kappa shape index (κ3) is 2.77. The number of aromatic nitrogens is 2. The molecule has 1 saturated carbocycles. The molecule has 0 saturated heterocycles. The Balaban J connectivity index is 1.83. The lowest BCUT2D eigenvalue weighted by atomic mass is 9.64. The zero-order valence-electron chi connectivity index (χ0n) is 13.8. The number of hydrogen-bond donors (Lipinski definition) is 1. The van der Waals surface area contributed by atoms with E-state index in [0.29, 0.717) is 12.1 Å². The van der Waals surface area contributed by atoms with Crippen molar-refractivity contribution in [2.45, 2.75) is 59.6 Å². The molecule has 0 aliphatic heterocycles. The maximum absolute atomic E-state index is 5.78. The Labute approximate surface area is 122 Å². The molecule has 0 unspecified atom stereocenters. The Bertz CT molecular complexity index is 465. The number of hydrogen-bond acceptors (Lipinski definition) is 3. The van der Waals surface area contributed by atoms with Crippen LogP contribution in [0.2, 0.25) is 0 Å². The Kier molecular flexibility index (Phi) is 4.55. The minimum absolute atomic E-state index is 0.245. The lowest BCUT2D eigenvalue weighted by Crippen LogP contribution is -2.61. The number of ether oxygens (including phenoxy) is 1. The molecule has 4 nitrogen and oxygen atoms in total. The molecule has 1 fully saturated rings. The maximum atomic E-state index is 5.78. The van der Waals surface area contributed by atoms with Gasteiger partial charge in [0.2, 0.25) is 0 Å². The molecular weight excluding hydrogens is 250 g/mol. The van der Waals surface area contributed by atoms with Gasteiger partial charge in [0.05, 0.1) is 11.8 Å². The summed E-state index contributed by atoms with van der Waals surface area (Å²) in [6.07, 6.45) is 2.59. The molecular formula is C16H29N3O. The second kappa shape index (κ2) is 5.86. The van der Waals surface area contributed by atoms with Crippen LogP contribution in [0.4, 0.5) is 0 Å². The molecule has 0 spiro atoms. The number of nitrogens with one attached hydrogen (secondary N) is 1. The van der Waals surface area contributed by atoms with Crippen LogP contribution in [0.25, 0.3) is 0 Å². The summed E-state index contributed by atoms with van der Waals surface area (Å²) < 4.78 is 7.75. The van der Waals surface area contributed by atoms with Crippen molar-refractivity contribution >= 4 is 0 Å². The normalized spacial score (nSPS) is 24.7. The molecule has 0 amide bonds. The van der Waals surface area contributed by atoms with Gasteiger partial charge in [0.25, 0.3) is 0 Å². The summed E-state index contributed by atoms with van der Waals surface area (Å²) in [7, 11) is 2.01. The van der Waals surface area contributed by atoms with E-state index < -0.39 is 0 Å². The van der Waals surface area contributed by atoms with Gasteiger partial charge < -0.3 is 10.1 Å². The van der Waals surface area contributed by atoms with Crippen LogP contribution in [0.5, 0.6) is 0 Å². The predicted octanol–water partition coefficient (Wildman–Crippen LogP) is 2.37. The van der Waals surface area contributed by atoms with E-state index in [0.717, 1.165) is 31.7 Å². The van der Waals surface area contributed by atoms with Gasteiger partial charge in [0.1, 0.15) is 0 Å². The topological polar surface area (TPSA) is 39.1 Å². The van der Waals surface area contributed by atoms with E-state index in [2.05, 4.69) is 45.0 Å². The summed E-state index contributed by atoms with van der Waals surface area (Å²) in [6.45, 7) is 12.7. The fourth-order valence-corrected chi connectivity index (χ4v) is 3.27. The van der Waals surface area contributed by atoms with Crippen LogP contribution in [0.3, 0.4) is 0 Å². The highest BCUT2D eigenvalue weighted by molar-refractivity contribution is 5.24. The molecule has 4 heteroatoms. The van der Waals surface area contributed by atoms with Crippen LogP contribution < -0.4 is 5.32 Å². The fourth-order valence-electron chi connectivity index (χ4n) is 3.27. The monoisotopic (exact) mass is 279 g/mol. The van der Waals surface area contributed by atoms with Crippen molar-refractivity contribution in [3.05, 3.63) is 17.0 Å². The van der Waals surface area contributed by atoms with Crippen LogP contribution in [0.1, 0.15) is 44.1 Å². The van der Waals surface area contributed by atoms with Crippen molar-refractivity contribution in [1.29, 1.82) is 0 Å². The molecule has 20 heavy (non-hydrogen) atoms. The van der Waals surface area contributed by atoms with Gasteiger partial charge in [-0.15, -0.1) is 0 Å². The van der Waals surface area contributed by atoms with Crippen molar-refractivity contribution in [2.75, 3.05) is 13.2 Å². The first-order valence-electron chi connectivity index (χ1n) is 7.72. The lowest BCUT2D eigenvalue weighted by Gasteiger charge is -2.52. The second-order valence-corrected chi connectivity index (χ2v) is 6.53. The molecule has 2 atom stereocenters. The first-order chi connectivity index (χ1) is 9.37. The van der Waals surface area contributed by atoms with Crippen LogP contribution in [-0.4, -0.2) is 35.1 Å². The van der Waals surface area contributed by atoms with Gasteiger partial charge in [-0.25, -0.2) is 0 Å². The van der Waals surface area contributed by atoms with Gasteiger partial charge in [-0.1, -0.05) is 13.8 Å². The van der Waals surface area contributed by atoms with Gasteiger partial charge >= 0.3 is 0 Å². The predicted molar refractivity (Wildman–Crippen MR) is 82.0 cm³/mol. The average Bonchev–Trinajstić information content (AvgIpc) is 2.62. The van der Waals surface area contributed by atoms with Gasteiger partial charge in [-0.3, -0.25) is 4.68 Å². The highest BCUT2D eigenvalue weighted by Gasteiger charge is 2.48. The molecule has 114 valence electrons. The van der Waals surface area contributed by atoms with Crippen molar-refractivity contribution in [3.63, 3.8) is 0 Å². The largest absolute Gasteiger partial charge is 0.378 e. The molecule has 2 rings (SSSR count). The standard InChI is InChI=1S/C16H29N3O/c1-7-20-15-10-14(16(15,4)5)17-9-8-13-11(2)18-19(6)12(13)3/h14-15,17H,7-10H2,1-6H3/t14-,15+/m1/s1. The second-order valence-electron chi connectivity index (χ2n) is 6.53. The first kappa shape index (κ1) is 15.5. The van der Waals surface area contributed by atoms with E-state index in [1.165, 1.54) is 11.3 Å². The Morgan fingerprint density at radius 3 is 2.60 bits per heavy atom. The van der Waals surface area contributed by atoms with Crippen LogP contribution >= 0.6 is 0 Å². The zero-order valence-corrected chi connectivity index (χ0v) is 13.8. The van der Waals surface area contributed by atoms with Crippen LogP contribution in [-0.2, 0) is 18.2 Å². The number of nitrogens with zero attached hydrogens (tertiary/aromatic N) is 2. The molecule has 1 aromatic rings. The summed E-state index contributed by atoms with van der Waals surface area (Å²) in [5.74, 6) is 0. The molecule has 1 aromatic heterocycles. The van der Waals surface area contributed by atoms with Crippen molar-refractivity contribution in [3.8, 4) is 0 Å². The minimum Gasteiger partial charge on any atom is -0.378 e. The van der Waals surface area contributed by atoms with Crippen molar-refractivity contribution in [1.82, 2.24) is 15.1 Å². The van der Waals surface area contributed by atoms with Crippen LogP contribution in [0.15, 0.2) is 0 Å². The van der Waals surface area contributed by atoms with Crippen LogP contribution in [0, 0.1) is 19.3 Å². The Morgan fingerprint density at radius 1 is 1.40 bits per heavy atom. The minimum atomic E-state index is 0.245. The smallest absolute Gasteiger partial charge is 0.0655 e. The Hall–Kier alpha value is -0.870. The zero-order chi connectivity index (χ0) is 14.9. The molecule has 0 bridgehead atoms. The lowest BCUT2D eigenvalue weighted by molar-refractivity contribution is -0.113. The molecule has 1 heterocycles. The van der Waals surface area contributed by atoms with Gasteiger partial charge in [-0.2, -0.15) is 5.10 Å². The van der Waals surface area contributed by atoms with Gasteiger partial charge in [0, 0.05) is 30.8 Å². The average molecular weight is 279 g/mol. The number of aryl methyl sites for hydroxylation is 2. The van der Waals surface area contributed by atoms with Crippen molar-refractivity contribution < 1.29 is 4.74 Å². The third-order valence-corrected chi connectivity index (χ3v) is 4.97. The summed E-state index contributed by atoms with van der Waals surface area (Å²) in [6, 6.07) is 0.566. The molecule has 1 aliphatic rings. The van der Waals surface area contributed by atoms with E-state index in [1.807, 2.05) is 11.7 Å². The van der Waals surface area contributed by atoms with Crippen molar-refractivity contribution in [2.24, 2.45) is 12.5 Å². The maximum Gasteiger partial charge on any atom is 0.0655 e. The summed E-state index contributed by atoms with van der Waals surface area (Å²) in [5, 5.41) is 8.17. The van der Waals surface area contributed by atoms with Gasteiger partial charge in [-0.05, 0) is 45.7 Å². The summed E-state index contributed by atoms with van der Waals surface area (Å²) in [4.78, 5) is 0. The third-order valence-electron chi connectivity index (χ3n) is 4.97. The summed E-state index contributed by atoms with van der Waals surface area (Å²) in [5.41, 5.74) is 4.07. The van der Waals surface area contributed by atoms with E-state index in [-0.39, 0.29) is 5.41 Å². The Morgan fingerprint density at radius 2 is 2.10 bits per heavy atom.